The highest BCUT2D eigenvalue weighted by atomic mass is 16.5. The van der Waals surface area contributed by atoms with Gasteiger partial charge in [0.2, 0.25) is 5.95 Å². The molecule has 8 rings (SSSR count). The van der Waals surface area contributed by atoms with Gasteiger partial charge in [-0.3, -0.25) is 9.59 Å². The van der Waals surface area contributed by atoms with E-state index in [1.807, 2.05) is 35.0 Å². The van der Waals surface area contributed by atoms with Gasteiger partial charge in [-0.05, 0) is 81.0 Å². The molecule has 3 aliphatic rings. The highest BCUT2D eigenvalue weighted by molar-refractivity contribution is 5.98. The Morgan fingerprint density at radius 2 is 1.95 bits per heavy atom. The van der Waals surface area contributed by atoms with Gasteiger partial charge in [0.1, 0.15) is 11.1 Å². The van der Waals surface area contributed by atoms with E-state index < -0.39 is 0 Å². The first-order valence-corrected chi connectivity index (χ1v) is 15.3. The first-order chi connectivity index (χ1) is 21.5. The minimum absolute atomic E-state index is 0.0106. The Bertz CT molecular complexity index is 2010. The quantitative estimate of drug-likeness (QED) is 0.286. The molecule has 0 saturated heterocycles. The molecule has 3 aromatic heterocycles. The molecule has 0 radical (unpaired) electrons. The molecule has 0 unspecified atom stereocenters. The molecule has 224 valence electrons. The van der Waals surface area contributed by atoms with Crippen LogP contribution < -0.4 is 26.2 Å². The van der Waals surface area contributed by atoms with Crippen LogP contribution in [0.25, 0.3) is 27.6 Å². The summed E-state index contributed by atoms with van der Waals surface area (Å²) in [6.07, 6.45) is 13.8. The van der Waals surface area contributed by atoms with Crippen LogP contribution in [0, 0.1) is 0 Å². The zero-order valence-electron chi connectivity index (χ0n) is 24.4. The molecule has 5 heterocycles. The van der Waals surface area contributed by atoms with Crippen LogP contribution in [-0.4, -0.2) is 48.5 Å². The van der Waals surface area contributed by atoms with E-state index in [0.29, 0.717) is 47.2 Å². The summed E-state index contributed by atoms with van der Waals surface area (Å²) >= 11 is 0. The van der Waals surface area contributed by atoms with E-state index in [9.17, 15) is 9.59 Å². The molecule has 44 heavy (non-hydrogen) atoms. The largest absolute Gasteiger partial charge is 0.482 e. The third-order valence-corrected chi connectivity index (χ3v) is 9.23. The van der Waals surface area contributed by atoms with E-state index >= 15 is 0 Å². The van der Waals surface area contributed by atoms with Crippen LogP contribution in [-0.2, 0) is 17.9 Å². The molecular weight excluding hydrogens is 556 g/mol. The summed E-state index contributed by atoms with van der Waals surface area (Å²) < 4.78 is 11.5. The predicted molar refractivity (Wildman–Crippen MR) is 170 cm³/mol. The van der Waals surface area contributed by atoms with Gasteiger partial charge in [0, 0.05) is 47.6 Å². The molecule has 2 aromatic carbocycles. The van der Waals surface area contributed by atoms with Gasteiger partial charge < -0.3 is 25.3 Å². The SMILES string of the molecule is NC1(CCn2ccc3cc(Nc4ncc5c(=O)n6n(c5n4)-c4ccc5c(c4)N(CCC/C=C\C6)C(=O)CO5)ccc32)CCC1. The predicted octanol–water partition coefficient (Wildman–Crippen LogP) is 4.63. The molecule has 11 nitrogen and oxygen atoms in total. The number of ether oxygens (including phenoxy) is 1. The Balaban J connectivity index is 1.16. The number of carbonyl (C=O) groups excluding carboxylic acids is 1. The summed E-state index contributed by atoms with van der Waals surface area (Å²) in [4.78, 5) is 37.5. The molecule has 5 aromatic rings. The average molecular weight is 591 g/mol. The maximum Gasteiger partial charge on any atom is 0.278 e. The van der Waals surface area contributed by atoms with Crippen molar-refractivity contribution in [1.29, 1.82) is 0 Å². The number of hydrogen-bond donors (Lipinski definition) is 2. The summed E-state index contributed by atoms with van der Waals surface area (Å²) in [5, 5.41) is 4.87. The van der Waals surface area contributed by atoms with Crippen molar-refractivity contribution in [3.05, 3.63) is 77.4 Å². The molecule has 0 spiro atoms. The lowest BCUT2D eigenvalue weighted by atomic mass is 9.75. The van der Waals surface area contributed by atoms with Crippen molar-refractivity contribution in [2.75, 3.05) is 23.4 Å². The van der Waals surface area contributed by atoms with Crippen LogP contribution >= 0.6 is 0 Å². The standard InChI is InChI=1S/C33H34N8O3/c34-33(11-5-12-33)13-17-38-16-10-22-18-23(6-8-26(22)38)36-32-35-20-25-30(37-32)41-24-7-9-28-27(19-24)39(29(42)21-44-28)14-3-1-2-4-15-40(41)31(25)43/h2,4,6-10,16,18-20H,1,3,5,11-15,17,21,34H2,(H,35,36,37)/b4-2-. The number of aromatic nitrogens is 5. The number of rotatable bonds is 5. The molecule has 1 fully saturated rings. The third kappa shape index (κ3) is 4.55. The summed E-state index contributed by atoms with van der Waals surface area (Å²) in [6, 6.07) is 14.0. The van der Waals surface area contributed by atoms with Gasteiger partial charge in [0.15, 0.2) is 12.3 Å². The molecule has 1 aliphatic carbocycles. The summed E-state index contributed by atoms with van der Waals surface area (Å²) in [7, 11) is 0. The fourth-order valence-electron chi connectivity index (χ4n) is 6.57. The second-order valence-electron chi connectivity index (χ2n) is 12.1. The lowest BCUT2D eigenvalue weighted by Gasteiger charge is -2.38. The zero-order valence-corrected chi connectivity index (χ0v) is 24.4. The van der Waals surface area contributed by atoms with Crippen LogP contribution in [0.2, 0.25) is 0 Å². The van der Waals surface area contributed by atoms with E-state index in [2.05, 4.69) is 45.3 Å². The van der Waals surface area contributed by atoms with Gasteiger partial charge in [-0.15, -0.1) is 0 Å². The number of anilines is 3. The van der Waals surface area contributed by atoms with Crippen molar-refractivity contribution in [3.63, 3.8) is 0 Å². The Labute approximate surface area is 253 Å². The first-order valence-electron chi connectivity index (χ1n) is 15.3. The topological polar surface area (TPSA) is 125 Å². The highest BCUT2D eigenvalue weighted by Gasteiger charge is 2.32. The van der Waals surface area contributed by atoms with Crippen molar-refractivity contribution in [2.24, 2.45) is 5.73 Å². The van der Waals surface area contributed by atoms with E-state index in [0.717, 1.165) is 55.2 Å². The average Bonchev–Trinajstić information content (AvgIpc) is 3.54. The summed E-state index contributed by atoms with van der Waals surface area (Å²) in [5.41, 5.74) is 10.2. The van der Waals surface area contributed by atoms with Gasteiger partial charge >= 0.3 is 0 Å². The van der Waals surface area contributed by atoms with Crippen molar-refractivity contribution in [3.8, 4) is 11.4 Å². The fraction of sp³-hybridized carbons (Fsp3) is 0.333. The number of nitrogens with one attached hydrogen (secondary N) is 1. The number of carbonyl (C=O) groups is 1. The van der Waals surface area contributed by atoms with E-state index in [1.165, 1.54) is 6.42 Å². The molecule has 2 aliphatic heterocycles. The Morgan fingerprint density at radius 3 is 2.82 bits per heavy atom. The van der Waals surface area contributed by atoms with Crippen LogP contribution in [0.15, 0.2) is 71.8 Å². The minimum Gasteiger partial charge on any atom is -0.482 e. The molecule has 2 bridgehead atoms. The number of benzene rings is 2. The summed E-state index contributed by atoms with van der Waals surface area (Å²) in [6.45, 7) is 1.90. The minimum atomic E-state index is -0.181. The number of nitrogens with zero attached hydrogens (tertiary/aromatic N) is 6. The molecule has 1 amide bonds. The molecular formula is C33H34N8O3. The summed E-state index contributed by atoms with van der Waals surface area (Å²) in [5.74, 6) is 0.957. The molecule has 0 atom stereocenters. The van der Waals surface area contributed by atoms with Crippen LogP contribution in [0.5, 0.6) is 5.75 Å². The Kier molecular flexibility index (Phi) is 6.30. The third-order valence-electron chi connectivity index (χ3n) is 9.23. The second kappa shape index (κ2) is 10.4. The van der Waals surface area contributed by atoms with Crippen molar-refractivity contribution >= 4 is 45.2 Å². The molecule has 3 N–H and O–H groups in total. The number of hydrogen-bond acceptors (Lipinski definition) is 7. The van der Waals surface area contributed by atoms with Crippen molar-refractivity contribution in [2.45, 2.75) is 57.2 Å². The molecule has 11 heteroatoms. The maximum absolute atomic E-state index is 13.6. The van der Waals surface area contributed by atoms with E-state index in [1.54, 1.807) is 15.8 Å². The van der Waals surface area contributed by atoms with Gasteiger partial charge in [-0.2, -0.15) is 4.98 Å². The van der Waals surface area contributed by atoms with Crippen LogP contribution in [0.1, 0.15) is 38.5 Å². The van der Waals surface area contributed by atoms with Gasteiger partial charge in [-0.1, -0.05) is 12.2 Å². The monoisotopic (exact) mass is 590 g/mol. The smallest absolute Gasteiger partial charge is 0.278 e. The first kappa shape index (κ1) is 26.7. The lowest BCUT2D eigenvalue weighted by Crippen LogP contribution is -2.47. The Hall–Kier alpha value is -4.90. The zero-order chi connectivity index (χ0) is 29.8. The van der Waals surface area contributed by atoms with Gasteiger partial charge in [-0.25, -0.2) is 14.3 Å². The van der Waals surface area contributed by atoms with Crippen LogP contribution in [0.3, 0.4) is 0 Å². The van der Waals surface area contributed by atoms with Crippen molar-refractivity contribution in [1.82, 2.24) is 23.9 Å². The van der Waals surface area contributed by atoms with Crippen molar-refractivity contribution < 1.29 is 9.53 Å². The lowest BCUT2D eigenvalue weighted by molar-refractivity contribution is -0.121. The number of amides is 1. The normalized spacial score (nSPS) is 18.2. The van der Waals surface area contributed by atoms with E-state index in [-0.39, 0.29) is 23.6 Å². The van der Waals surface area contributed by atoms with Crippen LogP contribution in [0.4, 0.5) is 17.3 Å². The number of fused-ring (bicyclic) bond motifs is 6. The van der Waals surface area contributed by atoms with E-state index in [4.69, 9.17) is 15.5 Å². The fourth-order valence-corrected chi connectivity index (χ4v) is 6.57. The highest BCUT2D eigenvalue weighted by Crippen LogP contribution is 2.36. The van der Waals surface area contributed by atoms with Gasteiger partial charge in [0.25, 0.3) is 11.5 Å². The maximum atomic E-state index is 13.6. The number of aryl methyl sites for hydroxylation is 1. The number of allylic oxidation sites excluding steroid dienone is 2. The second-order valence-corrected chi connectivity index (χ2v) is 12.1. The molecule has 1 saturated carbocycles. The number of nitrogens with two attached hydrogens (primary N) is 1. The Morgan fingerprint density at radius 1 is 1.05 bits per heavy atom. The van der Waals surface area contributed by atoms with Gasteiger partial charge in [0.05, 0.1) is 17.9 Å².